The number of rotatable bonds is 4. The third-order valence-electron chi connectivity index (χ3n) is 2.05. The van der Waals surface area contributed by atoms with Crippen molar-refractivity contribution in [3.8, 4) is 0 Å². The molecule has 0 heterocycles. The zero-order valence-electron chi connectivity index (χ0n) is 8.47. The number of carbonyl (C=O) groups excluding carboxylic acids is 1. The number of halogens is 2. The molecule has 1 amide bonds. The summed E-state index contributed by atoms with van der Waals surface area (Å²) in [5.41, 5.74) is 0.637. The molecule has 0 spiro atoms. The van der Waals surface area contributed by atoms with Gasteiger partial charge < -0.3 is 5.32 Å². The molecule has 0 aliphatic carbocycles. The van der Waals surface area contributed by atoms with Crippen LogP contribution < -0.4 is 5.32 Å². The summed E-state index contributed by atoms with van der Waals surface area (Å²) < 4.78 is 0.796. The summed E-state index contributed by atoms with van der Waals surface area (Å²) in [5, 5.41) is 2.79. The average molecular weight is 291 g/mol. The number of alkyl halides is 1. The lowest BCUT2D eigenvalue weighted by atomic mass is 10.2. The first-order chi connectivity index (χ1) is 7.15. The van der Waals surface area contributed by atoms with Crippen molar-refractivity contribution in [3.05, 3.63) is 34.3 Å². The second kappa shape index (κ2) is 6.13. The fourth-order valence-corrected chi connectivity index (χ4v) is 1.63. The van der Waals surface area contributed by atoms with Crippen LogP contribution in [0.25, 0.3) is 0 Å². The van der Waals surface area contributed by atoms with Crippen LogP contribution in [0.2, 0.25) is 0 Å². The number of hydrogen-bond acceptors (Lipinski definition) is 1. The standard InChI is InChI=1S/C11H13BrClNO/c1-2-8(13)7-14-11(15)9-5-3-4-6-10(9)12/h3-6,8H,2,7H2,1H3,(H,14,15). The van der Waals surface area contributed by atoms with Crippen molar-refractivity contribution in [3.63, 3.8) is 0 Å². The summed E-state index contributed by atoms with van der Waals surface area (Å²) in [6.07, 6.45) is 0.845. The molecule has 82 valence electrons. The lowest BCUT2D eigenvalue weighted by molar-refractivity contribution is 0.0952. The van der Waals surface area contributed by atoms with Crippen molar-refractivity contribution in [2.45, 2.75) is 18.7 Å². The van der Waals surface area contributed by atoms with Gasteiger partial charge in [-0.2, -0.15) is 0 Å². The molecule has 0 aromatic heterocycles. The van der Waals surface area contributed by atoms with Crippen molar-refractivity contribution in [1.82, 2.24) is 5.32 Å². The third kappa shape index (κ3) is 3.84. The summed E-state index contributed by atoms with van der Waals surface area (Å²) in [4.78, 5) is 11.7. The Kier molecular flexibility index (Phi) is 5.12. The second-order valence-corrected chi connectivity index (χ2v) is 4.67. The molecule has 0 bridgehead atoms. The summed E-state index contributed by atoms with van der Waals surface area (Å²) in [6, 6.07) is 7.32. The molecule has 0 aliphatic heterocycles. The Labute approximate surface area is 103 Å². The lowest BCUT2D eigenvalue weighted by Gasteiger charge is -2.09. The quantitative estimate of drug-likeness (QED) is 0.848. The maximum Gasteiger partial charge on any atom is 0.252 e. The molecule has 1 atom stereocenters. The van der Waals surface area contributed by atoms with Gasteiger partial charge in [0.25, 0.3) is 5.91 Å². The molecule has 2 nitrogen and oxygen atoms in total. The molecular weight excluding hydrogens is 277 g/mol. The average Bonchev–Trinajstić information content (AvgIpc) is 2.26. The Morgan fingerprint density at radius 3 is 2.80 bits per heavy atom. The Morgan fingerprint density at radius 1 is 1.53 bits per heavy atom. The van der Waals surface area contributed by atoms with Crippen LogP contribution in [0.5, 0.6) is 0 Å². The molecule has 0 fully saturated rings. The smallest absolute Gasteiger partial charge is 0.252 e. The summed E-state index contributed by atoms with van der Waals surface area (Å²) in [5.74, 6) is -0.0958. The van der Waals surface area contributed by atoms with Crippen LogP contribution in [0.15, 0.2) is 28.7 Å². The lowest BCUT2D eigenvalue weighted by Crippen LogP contribution is -2.29. The number of carbonyl (C=O) groups is 1. The molecule has 1 rings (SSSR count). The van der Waals surface area contributed by atoms with Crippen molar-refractivity contribution in [2.24, 2.45) is 0 Å². The van der Waals surface area contributed by atoms with Gasteiger partial charge in [-0.05, 0) is 34.5 Å². The first-order valence-corrected chi connectivity index (χ1v) is 6.05. The summed E-state index contributed by atoms with van der Waals surface area (Å²) >= 11 is 9.24. The highest BCUT2D eigenvalue weighted by atomic mass is 79.9. The van der Waals surface area contributed by atoms with E-state index < -0.39 is 0 Å². The van der Waals surface area contributed by atoms with Gasteiger partial charge in [-0.1, -0.05) is 19.1 Å². The minimum atomic E-state index is -0.0958. The van der Waals surface area contributed by atoms with Gasteiger partial charge in [0.1, 0.15) is 0 Å². The summed E-state index contributed by atoms with van der Waals surface area (Å²) in [7, 11) is 0. The zero-order valence-corrected chi connectivity index (χ0v) is 10.8. The van der Waals surface area contributed by atoms with E-state index in [1.807, 2.05) is 25.1 Å². The van der Waals surface area contributed by atoms with Crippen LogP contribution >= 0.6 is 27.5 Å². The predicted molar refractivity (Wildman–Crippen MR) is 66.4 cm³/mol. The normalized spacial score (nSPS) is 12.2. The summed E-state index contributed by atoms with van der Waals surface area (Å²) in [6.45, 7) is 2.49. The molecule has 4 heteroatoms. The number of benzene rings is 1. The monoisotopic (exact) mass is 289 g/mol. The maximum absolute atomic E-state index is 11.7. The van der Waals surface area contributed by atoms with Crippen LogP contribution in [0.4, 0.5) is 0 Å². The van der Waals surface area contributed by atoms with Crippen molar-refractivity contribution >= 4 is 33.4 Å². The SMILES string of the molecule is CCC(Cl)CNC(=O)c1ccccc1Br. The van der Waals surface area contributed by atoms with Gasteiger partial charge in [0.15, 0.2) is 0 Å². The largest absolute Gasteiger partial charge is 0.351 e. The minimum Gasteiger partial charge on any atom is -0.351 e. The van der Waals surface area contributed by atoms with E-state index in [-0.39, 0.29) is 11.3 Å². The molecule has 1 aromatic rings. The highest BCUT2D eigenvalue weighted by Crippen LogP contribution is 2.15. The van der Waals surface area contributed by atoms with E-state index in [0.29, 0.717) is 12.1 Å². The van der Waals surface area contributed by atoms with E-state index in [1.54, 1.807) is 6.07 Å². The molecule has 1 aromatic carbocycles. The third-order valence-corrected chi connectivity index (χ3v) is 3.20. The van der Waals surface area contributed by atoms with Gasteiger partial charge >= 0.3 is 0 Å². The molecular formula is C11H13BrClNO. The van der Waals surface area contributed by atoms with Crippen LogP contribution in [0.1, 0.15) is 23.7 Å². The van der Waals surface area contributed by atoms with Gasteiger partial charge in [0, 0.05) is 11.0 Å². The number of nitrogens with one attached hydrogen (secondary N) is 1. The van der Waals surface area contributed by atoms with Crippen LogP contribution in [-0.2, 0) is 0 Å². The van der Waals surface area contributed by atoms with E-state index in [0.717, 1.165) is 10.9 Å². The van der Waals surface area contributed by atoms with Crippen LogP contribution in [0.3, 0.4) is 0 Å². The molecule has 0 aliphatic rings. The fourth-order valence-electron chi connectivity index (χ4n) is 1.09. The van der Waals surface area contributed by atoms with E-state index in [9.17, 15) is 4.79 Å². The number of amides is 1. The molecule has 1 unspecified atom stereocenters. The number of hydrogen-bond donors (Lipinski definition) is 1. The van der Waals surface area contributed by atoms with Crippen molar-refractivity contribution in [1.29, 1.82) is 0 Å². The van der Waals surface area contributed by atoms with Gasteiger partial charge in [0.2, 0.25) is 0 Å². The second-order valence-electron chi connectivity index (χ2n) is 3.20. The van der Waals surface area contributed by atoms with Gasteiger partial charge in [-0.25, -0.2) is 0 Å². The Bertz CT molecular complexity index is 343. The van der Waals surface area contributed by atoms with Crippen molar-refractivity contribution < 1.29 is 4.79 Å². The molecule has 0 saturated carbocycles. The Morgan fingerprint density at radius 2 is 2.20 bits per heavy atom. The van der Waals surface area contributed by atoms with E-state index in [4.69, 9.17) is 11.6 Å². The Balaban J connectivity index is 2.58. The van der Waals surface area contributed by atoms with Gasteiger partial charge in [-0.15, -0.1) is 11.6 Å². The molecule has 1 N–H and O–H groups in total. The predicted octanol–water partition coefficient (Wildman–Crippen LogP) is 3.20. The molecule has 15 heavy (non-hydrogen) atoms. The Hall–Kier alpha value is -0.540. The van der Waals surface area contributed by atoms with Crippen molar-refractivity contribution in [2.75, 3.05) is 6.54 Å². The van der Waals surface area contributed by atoms with Gasteiger partial charge in [-0.3, -0.25) is 4.79 Å². The molecule has 0 radical (unpaired) electrons. The maximum atomic E-state index is 11.7. The topological polar surface area (TPSA) is 29.1 Å². The van der Waals surface area contributed by atoms with E-state index in [2.05, 4.69) is 21.2 Å². The first-order valence-electron chi connectivity index (χ1n) is 4.82. The zero-order chi connectivity index (χ0) is 11.3. The van der Waals surface area contributed by atoms with E-state index >= 15 is 0 Å². The van der Waals surface area contributed by atoms with Gasteiger partial charge in [0.05, 0.1) is 10.9 Å². The highest BCUT2D eigenvalue weighted by molar-refractivity contribution is 9.10. The minimum absolute atomic E-state index is 0.00330. The fraction of sp³-hybridized carbons (Fsp3) is 0.364. The molecule has 0 saturated heterocycles. The first kappa shape index (κ1) is 12.5. The van der Waals surface area contributed by atoms with Crippen LogP contribution in [0, 0.1) is 0 Å². The van der Waals surface area contributed by atoms with E-state index in [1.165, 1.54) is 0 Å². The highest BCUT2D eigenvalue weighted by Gasteiger charge is 2.10. The van der Waals surface area contributed by atoms with Crippen LogP contribution in [-0.4, -0.2) is 17.8 Å².